The van der Waals surface area contributed by atoms with E-state index in [4.69, 9.17) is 0 Å². The number of aromatic nitrogens is 3. The molecule has 0 radical (unpaired) electrons. The standard InChI is InChI=1S/C12H13N3O/c1-2-15-12(13-9-14-15)8-11(16)10-6-4-3-5-7-10/h3-7,9H,2,8H2,1H3. The van der Waals surface area contributed by atoms with Crippen LogP contribution in [0, 0.1) is 0 Å². The maximum absolute atomic E-state index is 11.9. The zero-order chi connectivity index (χ0) is 11.4. The van der Waals surface area contributed by atoms with Gasteiger partial charge >= 0.3 is 0 Å². The van der Waals surface area contributed by atoms with E-state index in [1.165, 1.54) is 6.33 Å². The van der Waals surface area contributed by atoms with Crippen molar-refractivity contribution < 1.29 is 4.79 Å². The Morgan fingerprint density at radius 3 is 2.75 bits per heavy atom. The molecule has 0 aliphatic carbocycles. The second kappa shape index (κ2) is 4.70. The normalized spacial score (nSPS) is 10.3. The third-order valence-corrected chi connectivity index (χ3v) is 2.41. The molecule has 1 heterocycles. The molecule has 0 amide bonds. The molecule has 0 aliphatic heterocycles. The van der Waals surface area contributed by atoms with Crippen molar-refractivity contribution in [1.82, 2.24) is 14.8 Å². The van der Waals surface area contributed by atoms with Crippen molar-refractivity contribution in [2.45, 2.75) is 19.9 Å². The van der Waals surface area contributed by atoms with Crippen molar-refractivity contribution in [1.29, 1.82) is 0 Å². The number of aryl methyl sites for hydroxylation is 1. The Labute approximate surface area is 93.9 Å². The molecule has 2 rings (SSSR count). The molecule has 0 atom stereocenters. The van der Waals surface area contributed by atoms with Crippen molar-refractivity contribution in [3.05, 3.63) is 48.0 Å². The zero-order valence-electron chi connectivity index (χ0n) is 9.13. The Kier molecular flexibility index (Phi) is 3.10. The molecule has 0 N–H and O–H groups in total. The molecule has 16 heavy (non-hydrogen) atoms. The predicted octanol–water partition coefficient (Wildman–Crippen LogP) is 1.72. The van der Waals surface area contributed by atoms with Crippen LogP contribution >= 0.6 is 0 Å². The van der Waals surface area contributed by atoms with Crippen molar-refractivity contribution in [2.75, 3.05) is 0 Å². The highest BCUT2D eigenvalue weighted by Gasteiger charge is 2.10. The van der Waals surface area contributed by atoms with Crippen LogP contribution < -0.4 is 0 Å². The molecular formula is C12H13N3O. The Balaban J connectivity index is 2.14. The monoisotopic (exact) mass is 215 g/mol. The SMILES string of the molecule is CCn1ncnc1CC(=O)c1ccccc1. The Bertz CT molecular complexity index is 476. The molecule has 4 nitrogen and oxygen atoms in total. The first-order valence-electron chi connectivity index (χ1n) is 5.26. The first kappa shape index (κ1) is 10.5. The van der Waals surface area contributed by atoms with Gasteiger partial charge in [-0.15, -0.1) is 0 Å². The van der Waals surface area contributed by atoms with Crippen LogP contribution in [0.4, 0.5) is 0 Å². The van der Waals surface area contributed by atoms with Gasteiger partial charge in [-0.25, -0.2) is 9.67 Å². The smallest absolute Gasteiger partial charge is 0.170 e. The summed E-state index contributed by atoms with van der Waals surface area (Å²) in [5.74, 6) is 0.791. The summed E-state index contributed by atoms with van der Waals surface area (Å²) in [6, 6.07) is 9.24. The molecular weight excluding hydrogens is 202 g/mol. The van der Waals surface area contributed by atoms with E-state index in [0.29, 0.717) is 12.0 Å². The van der Waals surface area contributed by atoms with Gasteiger partial charge in [0.25, 0.3) is 0 Å². The van der Waals surface area contributed by atoms with Gasteiger partial charge in [-0.3, -0.25) is 4.79 Å². The van der Waals surface area contributed by atoms with Gasteiger partial charge in [-0.1, -0.05) is 30.3 Å². The first-order valence-corrected chi connectivity index (χ1v) is 5.26. The maximum atomic E-state index is 11.9. The minimum absolute atomic E-state index is 0.0725. The van der Waals surface area contributed by atoms with Gasteiger partial charge in [-0.2, -0.15) is 5.10 Å². The van der Waals surface area contributed by atoms with Crippen LogP contribution in [0.3, 0.4) is 0 Å². The van der Waals surface area contributed by atoms with Gasteiger partial charge in [-0.05, 0) is 6.92 Å². The third-order valence-electron chi connectivity index (χ3n) is 2.41. The minimum atomic E-state index is 0.0725. The van der Waals surface area contributed by atoms with E-state index in [1.807, 2.05) is 37.3 Å². The molecule has 0 aliphatic rings. The van der Waals surface area contributed by atoms with E-state index < -0.39 is 0 Å². The van der Waals surface area contributed by atoms with Crippen LogP contribution in [0.1, 0.15) is 23.1 Å². The fraction of sp³-hybridized carbons (Fsp3) is 0.250. The lowest BCUT2D eigenvalue weighted by Crippen LogP contribution is -2.10. The van der Waals surface area contributed by atoms with E-state index >= 15 is 0 Å². The van der Waals surface area contributed by atoms with Crippen LogP contribution in [0.25, 0.3) is 0 Å². The number of carbonyl (C=O) groups is 1. The highest BCUT2D eigenvalue weighted by atomic mass is 16.1. The molecule has 0 saturated heterocycles. The van der Waals surface area contributed by atoms with Gasteiger partial charge in [0.1, 0.15) is 12.2 Å². The molecule has 2 aromatic rings. The Morgan fingerprint density at radius 2 is 2.06 bits per heavy atom. The largest absolute Gasteiger partial charge is 0.294 e. The molecule has 1 aromatic heterocycles. The summed E-state index contributed by atoms with van der Waals surface area (Å²) in [5, 5.41) is 4.03. The molecule has 1 aromatic carbocycles. The zero-order valence-corrected chi connectivity index (χ0v) is 9.13. The highest BCUT2D eigenvalue weighted by Crippen LogP contribution is 2.05. The summed E-state index contributed by atoms with van der Waals surface area (Å²) < 4.78 is 1.74. The van der Waals surface area contributed by atoms with Crippen LogP contribution in [0.2, 0.25) is 0 Å². The van der Waals surface area contributed by atoms with Gasteiger partial charge in [0, 0.05) is 12.1 Å². The average molecular weight is 215 g/mol. The van der Waals surface area contributed by atoms with Crippen LogP contribution in [0.5, 0.6) is 0 Å². The van der Waals surface area contributed by atoms with Gasteiger partial charge in [0.2, 0.25) is 0 Å². The lowest BCUT2D eigenvalue weighted by atomic mass is 10.1. The lowest BCUT2D eigenvalue weighted by Gasteiger charge is -2.02. The third kappa shape index (κ3) is 2.16. The van der Waals surface area contributed by atoms with Crippen LogP contribution in [-0.4, -0.2) is 20.5 Å². The number of hydrogen-bond acceptors (Lipinski definition) is 3. The van der Waals surface area contributed by atoms with E-state index in [1.54, 1.807) is 4.68 Å². The molecule has 0 spiro atoms. The van der Waals surface area contributed by atoms with E-state index in [9.17, 15) is 4.79 Å². The van der Waals surface area contributed by atoms with Gasteiger partial charge in [0.15, 0.2) is 5.78 Å². The molecule has 0 bridgehead atoms. The number of nitrogens with zero attached hydrogens (tertiary/aromatic N) is 3. The Morgan fingerprint density at radius 1 is 1.31 bits per heavy atom. The second-order valence-corrected chi connectivity index (χ2v) is 3.46. The fourth-order valence-electron chi connectivity index (χ4n) is 1.56. The predicted molar refractivity (Wildman–Crippen MR) is 60.2 cm³/mol. The van der Waals surface area contributed by atoms with Crippen molar-refractivity contribution in [3.63, 3.8) is 0 Å². The van der Waals surface area contributed by atoms with Crippen LogP contribution in [0.15, 0.2) is 36.7 Å². The van der Waals surface area contributed by atoms with Gasteiger partial charge < -0.3 is 0 Å². The summed E-state index contributed by atoms with van der Waals surface area (Å²) in [7, 11) is 0. The van der Waals surface area contributed by atoms with Crippen molar-refractivity contribution in [3.8, 4) is 0 Å². The number of carbonyl (C=O) groups excluding carboxylic acids is 1. The lowest BCUT2D eigenvalue weighted by molar-refractivity contribution is 0.0989. The van der Waals surface area contributed by atoms with Crippen molar-refractivity contribution in [2.24, 2.45) is 0 Å². The molecule has 82 valence electrons. The van der Waals surface area contributed by atoms with Crippen molar-refractivity contribution >= 4 is 5.78 Å². The molecule has 0 fully saturated rings. The number of rotatable bonds is 4. The Hall–Kier alpha value is -1.97. The number of benzene rings is 1. The minimum Gasteiger partial charge on any atom is -0.294 e. The number of Topliss-reactive ketones (excluding diaryl/α,β-unsaturated/α-hetero) is 1. The first-order chi connectivity index (χ1) is 7.81. The van der Waals surface area contributed by atoms with Gasteiger partial charge in [0.05, 0.1) is 6.42 Å². The topological polar surface area (TPSA) is 47.8 Å². The maximum Gasteiger partial charge on any atom is 0.170 e. The average Bonchev–Trinajstić information content (AvgIpc) is 2.77. The summed E-state index contributed by atoms with van der Waals surface area (Å²) in [4.78, 5) is 16.0. The summed E-state index contributed by atoms with van der Waals surface area (Å²) >= 11 is 0. The number of ketones is 1. The fourth-order valence-corrected chi connectivity index (χ4v) is 1.56. The molecule has 0 unspecified atom stereocenters. The summed E-state index contributed by atoms with van der Waals surface area (Å²) in [6.07, 6.45) is 1.79. The van der Waals surface area contributed by atoms with E-state index in [2.05, 4.69) is 10.1 Å². The van der Waals surface area contributed by atoms with Crippen LogP contribution in [-0.2, 0) is 13.0 Å². The second-order valence-electron chi connectivity index (χ2n) is 3.46. The number of hydrogen-bond donors (Lipinski definition) is 0. The quantitative estimate of drug-likeness (QED) is 0.730. The summed E-state index contributed by atoms with van der Waals surface area (Å²) in [6.45, 7) is 2.71. The highest BCUT2D eigenvalue weighted by molar-refractivity contribution is 5.97. The van der Waals surface area contributed by atoms with E-state index in [-0.39, 0.29) is 5.78 Å². The summed E-state index contributed by atoms with van der Waals surface area (Å²) in [5.41, 5.74) is 0.716. The molecule has 4 heteroatoms. The van der Waals surface area contributed by atoms with E-state index in [0.717, 1.165) is 12.4 Å². The molecule has 0 saturated carbocycles.